The maximum atomic E-state index is 11.3. The molecule has 2 N–H and O–H groups in total. The average molecular weight is 332 g/mol. The Kier molecular flexibility index (Phi) is 4.24. The standard InChI is InChI=1S/C22H37NO/c1-21-13-4-3-5-15(21)6-9-17-18-10-7-16(8-11-20(23)24)22(18,2)14-12-19(17)21/h15-19H,3-14H2,1-2H3,(H2,23,24)/t15?,16-,17+,18+,19+,21+,22-/m1/s1. The maximum Gasteiger partial charge on any atom is 0.217 e. The first-order valence-electron chi connectivity index (χ1n) is 10.7. The lowest BCUT2D eigenvalue weighted by atomic mass is 9.45. The van der Waals surface area contributed by atoms with Gasteiger partial charge in [-0.15, -0.1) is 0 Å². The summed E-state index contributed by atoms with van der Waals surface area (Å²) in [5.74, 6) is 4.54. The molecule has 0 heterocycles. The second kappa shape index (κ2) is 6.02. The normalized spacial score (nSPS) is 50.7. The van der Waals surface area contributed by atoms with Crippen LogP contribution in [0.25, 0.3) is 0 Å². The Hall–Kier alpha value is -0.530. The highest BCUT2D eigenvalue weighted by Crippen LogP contribution is 2.67. The van der Waals surface area contributed by atoms with E-state index in [0.717, 1.165) is 36.0 Å². The van der Waals surface area contributed by atoms with Crippen LogP contribution in [0, 0.1) is 40.4 Å². The van der Waals surface area contributed by atoms with Crippen molar-refractivity contribution in [1.29, 1.82) is 0 Å². The third-order valence-corrected chi connectivity index (χ3v) is 9.52. The molecule has 0 spiro atoms. The van der Waals surface area contributed by atoms with Crippen molar-refractivity contribution < 1.29 is 4.79 Å². The summed E-state index contributed by atoms with van der Waals surface area (Å²) in [6.07, 6.45) is 16.2. The number of nitrogens with two attached hydrogens (primary N) is 1. The van der Waals surface area contributed by atoms with Crippen LogP contribution in [0.3, 0.4) is 0 Å². The van der Waals surface area contributed by atoms with E-state index in [9.17, 15) is 4.79 Å². The Balaban J connectivity index is 1.54. The molecule has 0 aliphatic heterocycles. The minimum Gasteiger partial charge on any atom is -0.370 e. The van der Waals surface area contributed by atoms with Crippen molar-refractivity contribution in [1.82, 2.24) is 0 Å². The number of carbonyl (C=O) groups is 1. The first-order chi connectivity index (χ1) is 11.4. The molecule has 4 rings (SSSR count). The highest BCUT2D eigenvalue weighted by Gasteiger charge is 2.59. The predicted molar refractivity (Wildman–Crippen MR) is 98.3 cm³/mol. The van der Waals surface area contributed by atoms with Crippen LogP contribution >= 0.6 is 0 Å². The fourth-order valence-corrected chi connectivity index (χ4v) is 8.19. The molecule has 0 radical (unpaired) electrons. The molecule has 7 atom stereocenters. The highest BCUT2D eigenvalue weighted by atomic mass is 16.1. The fraction of sp³-hybridized carbons (Fsp3) is 0.955. The van der Waals surface area contributed by atoms with E-state index in [-0.39, 0.29) is 5.91 Å². The largest absolute Gasteiger partial charge is 0.370 e. The zero-order valence-electron chi connectivity index (χ0n) is 15.9. The van der Waals surface area contributed by atoms with E-state index in [1.54, 1.807) is 0 Å². The summed E-state index contributed by atoms with van der Waals surface area (Å²) in [6, 6.07) is 0. The highest BCUT2D eigenvalue weighted by molar-refractivity contribution is 5.73. The number of fused-ring (bicyclic) bond motifs is 5. The van der Waals surface area contributed by atoms with Crippen molar-refractivity contribution in [3.8, 4) is 0 Å². The van der Waals surface area contributed by atoms with Gasteiger partial charge in [0, 0.05) is 6.42 Å². The summed E-state index contributed by atoms with van der Waals surface area (Å²) < 4.78 is 0. The third-order valence-electron chi connectivity index (χ3n) is 9.52. The summed E-state index contributed by atoms with van der Waals surface area (Å²) in [6.45, 7) is 5.23. The molecule has 136 valence electrons. The van der Waals surface area contributed by atoms with E-state index in [0.29, 0.717) is 17.3 Å². The molecule has 1 unspecified atom stereocenters. The van der Waals surface area contributed by atoms with Gasteiger partial charge in [-0.2, -0.15) is 0 Å². The van der Waals surface area contributed by atoms with Crippen molar-refractivity contribution >= 4 is 5.91 Å². The summed E-state index contributed by atoms with van der Waals surface area (Å²) in [4.78, 5) is 11.3. The van der Waals surface area contributed by atoms with Gasteiger partial charge in [0.15, 0.2) is 0 Å². The number of carbonyl (C=O) groups excluding carboxylic acids is 1. The van der Waals surface area contributed by atoms with Crippen LogP contribution in [0.2, 0.25) is 0 Å². The van der Waals surface area contributed by atoms with Gasteiger partial charge in [-0.25, -0.2) is 0 Å². The molecule has 0 saturated heterocycles. The molecule has 2 heteroatoms. The lowest BCUT2D eigenvalue weighted by molar-refractivity contribution is -0.120. The van der Waals surface area contributed by atoms with Crippen LogP contribution in [0.1, 0.15) is 90.9 Å². The molecule has 0 bridgehead atoms. The number of hydrogen-bond donors (Lipinski definition) is 1. The minimum atomic E-state index is -0.106. The van der Waals surface area contributed by atoms with E-state index in [1.165, 1.54) is 64.2 Å². The van der Waals surface area contributed by atoms with Crippen LogP contribution in [-0.4, -0.2) is 5.91 Å². The molecule has 4 saturated carbocycles. The van der Waals surface area contributed by atoms with E-state index in [2.05, 4.69) is 13.8 Å². The van der Waals surface area contributed by atoms with E-state index in [4.69, 9.17) is 5.73 Å². The Bertz CT molecular complexity index is 502. The van der Waals surface area contributed by atoms with Gasteiger partial charge in [0.2, 0.25) is 5.91 Å². The fourth-order valence-electron chi connectivity index (χ4n) is 8.19. The summed E-state index contributed by atoms with van der Waals surface area (Å²) in [5, 5.41) is 0. The molecule has 2 nitrogen and oxygen atoms in total. The van der Waals surface area contributed by atoms with Crippen LogP contribution < -0.4 is 5.73 Å². The Morgan fingerprint density at radius 1 is 0.917 bits per heavy atom. The molecule has 4 aliphatic rings. The van der Waals surface area contributed by atoms with Crippen molar-refractivity contribution in [2.45, 2.75) is 90.9 Å². The average Bonchev–Trinajstić information content (AvgIpc) is 2.89. The van der Waals surface area contributed by atoms with Crippen LogP contribution in [0.5, 0.6) is 0 Å². The zero-order valence-corrected chi connectivity index (χ0v) is 15.9. The van der Waals surface area contributed by atoms with Crippen LogP contribution in [-0.2, 0) is 4.79 Å². The number of rotatable bonds is 3. The van der Waals surface area contributed by atoms with Crippen molar-refractivity contribution in [3.05, 3.63) is 0 Å². The van der Waals surface area contributed by atoms with E-state index < -0.39 is 0 Å². The first-order valence-corrected chi connectivity index (χ1v) is 10.7. The quantitative estimate of drug-likeness (QED) is 0.749. The number of primary amides is 1. The Morgan fingerprint density at radius 2 is 1.71 bits per heavy atom. The molecule has 0 aromatic carbocycles. The van der Waals surface area contributed by atoms with Gasteiger partial charge < -0.3 is 5.73 Å². The third kappa shape index (κ3) is 2.46. The van der Waals surface area contributed by atoms with Crippen molar-refractivity contribution in [2.24, 2.45) is 46.2 Å². The lowest BCUT2D eigenvalue weighted by Gasteiger charge is -2.60. The monoisotopic (exact) mass is 331 g/mol. The van der Waals surface area contributed by atoms with E-state index >= 15 is 0 Å². The van der Waals surface area contributed by atoms with Crippen LogP contribution in [0.4, 0.5) is 0 Å². The summed E-state index contributed by atoms with van der Waals surface area (Å²) >= 11 is 0. The summed E-state index contributed by atoms with van der Waals surface area (Å²) in [5.41, 5.74) is 6.58. The van der Waals surface area contributed by atoms with Crippen LogP contribution in [0.15, 0.2) is 0 Å². The predicted octanol–water partition coefficient (Wildman–Crippen LogP) is 5.30. The number of amides is 1. The topological polar surface area (TPSA) is 43.1 Å². The Morgan fingerprint density at radius 3 is 2.50 bits per heavy atom. The Labute approximate surface area is 148 Å². The van der Waals surface area contributed by atoms with Gasteiger partial charge in [0.25, 0.3) is 0 Å². The van der Waals surface area contributed by atoms with Gasteiger partial charge >= 0.3 is 0 Å². The smallest absolute Gasteiger partial charge is 0.217 e. The lowest BCUT2D eigenvalue weighted by Crippen LogP contribution is -2.52. The second-order valence-corrected chi connectivity index (χ2v) is 10.2. The number of hydrogen-bond acceptors (Lipinski definition) is 1. The van der Waals surface area contributed by atoms with Crippen molar-refractivity contribution in [3.63, 3.8) is 0 Å². The molecule has 0 aromatic heterocycles. The molecule has 1 amide bonds. The van der Waals surface area contributed by atoms with E-state index in [1.807, 2.05) is 0 Å². The molecule has 4 fully saturated rings. The molecule has 4 aliphatic carbocycles. The van der Waals surface area contributed by atoms with Gasteiger partial charge in [-0.3, -0.25) is 4.79 Å². The van der Waals surface area contributed by atoms with Gasteiger partial charge in [-0.1, -0.05) is 26.7 Å². The first kappa shape index (κ1) is 16.9. The van der Waals surface area contributed by atoms with Gasteiger partial charge in [0.1, 0.15) is 0 Å². The maximum absolute atomic E-state index is 11.3. The van der Waals surface area contributed by atoms with Crippen molar-refractivity contribution in [2.75, 3.05) is 0 Å². The molecule has 24 heavy (non-hydrogen) atoms. The minimum absolute atomic E-state index is 0.106. The zero-order chi connectivity index (χ0) is 16.9. The van der Waals surface area contributed by atoms with Gasteiger partial charge in [-0.05, 0) is 98.2 Å². The molecule has 0 aromatic rings. The summed E-state index contributed by atoms with van der Waals surface area (Å²) in [7, 11) is 0. The molecular formula is C22H37NO. The van der Waals surface area contributed by atoms with Gasteiger partial charge in [0.05, 0.1) is 0 Å². The SMILES string of the molecule is C[C@]12CC[C@H]3[C@@H](CCC4CCCC[C@@]43C)[C@@H]1CC[C@@H]2CCC(N)=O. The molecular weight excluding hydrogens is 294 g/mol. The second-order valence-electron chi connectivity index (χ2n) is 10.2.